The van der Waals surface area contributed by atoms with Crippen LogP contribution in [0.5, 0.6) is 0 Å². The summed E-state index contributed by atoms with van der Waals surface area (Å²) in [6.07, 6.45) is 0. The molecule has 0 saturated heterocycles. The first kappa shape index (κ1) is 17.7. The fourth-order valence-electron chi connectivity index (χ4n) is 2.15. The molecule has 2 rings (SSSR count). The van der Waals surface area contributed by atoms with Crippen molar-refractivity contribution >= 4 is 17.5 Å². The predicted octanol–water partition coefficient (Wildman–Crippen LogP) is 2.54. The quantitative estimate of drug-likeness (QED) is 0.763. The summed E-state index contributed by atoms with van der Waals surface area (Å²) in [5, 5.41) is 5.61. The van der Waals surface area contributed by atoms with Crippen molar-refractivity contribution in [3.8, 4) is 0 Å². The van der Waals surface area contributed by atoms with Crippen LogP contribution in [0.25, 0.3) is 0 Å². The lowest BCUT2D eigenvalue weighted by Crippen LogP contribution is -2.39. The minimum absolute atomic E-state index is 0.0438. The number of carbonyl (C=O) groups excluding carboxylic acids is 2. The Kier molecular flexibility index (Phi) is 6.09. The van der Waals surface area contributed by atoms with Crippen LogP contribution in [-0.2, 0) is 11.3 Å². The molecule has 0 radical (unpaired) electrons. The third-order valence-electron chi connectivity index (χ3n) is 3.71. The van der Waals surface area contributed by atoms with Gasteiger partial charge in [-0.15, -0.1) is 0 Å². The molecule has 24 heavy (non-hydrogen) atoms. The van der Waals surface area contributed by atoms with Crippen LogP contribution < -0.4 is 16.4 Å². The first-order valence-electron chi connectivity index (χ1n) is 7.96. The normalized spacial score (nSPS) is 11.8. The number of hydrogen-bond donors (Lipinski definition) is 3. The molecule has 2 aromatic carbocycles. The van der Waals surface area contributed by atoms with E-state index in [1.54, 1.807) is 24.3 Å². The molecule has 0 bridgehead atoms. The Labute approximate surface area is 142 Å². The van der Waals surface area contributed by atoms with Crippen molar-refractivity contribution in [2.24, 2.45) is 11.7 Å². The first-order chi connectivity index (χ1) is 11.5. The van der Waals surface area contributed by atoms with Crippen molar-refractivity contribution in [3.63, 3.8) is 0 Å². The van der Waals surface area contributed by atoms with E-state index in [0.29, 0.717) is 17.8 Å². The number of hydrogen-bond acceptors (Lipinski definition) is 3. The molecule has 0 aliphatic rings. The van der Waals surface area contributed by atoms with Gasteiger partial charge in [-0.2, -0.15) is 0 Å². The third-order valence-corrected chi connectivity index (χ3v) is 3.71. The number of amides is 2. The maximum absolute atomic E-state index is 12.2. The lowest BCUT2D eigenvalue weighted by molar-refractivity contribution is -0.118. The van der Waals surface area contributed by atoms with E-state index in [-0.39, 0.29) is 17.7 Å². The average molecular weight is 325 g/mol. The molecule has 1 atom stereocenters. The van der Waals surface area contributed by atoms with Crippen LogP contribution in [0.1, 0.15) is 29.8 Å². The van der Waals surface area contributed by atoms with E-state index >= 15 is 0 Å². The van der Waals surface area contributed by atoms with Gasteiger partial charge in [0.2, 0.25) is 5.91 Å². The molecule has 0 saturated carbocycles. The van der Waals surface area contributed by atoms with E-state index in [1.165, 1.54) is 0 Å². The lowest BCUT2D eigenvalue weighted by Gasteiger charge is -2.15. The van der Waals surface area contributed by atoms with E-state index in [9.17, 15) is 9.59 Å². The summed E-state index contributed by atoms with van der Waals surface area (Å²) >= 11 is 0. The van der Waals surface area contributed by atoms with Crippen molar-refractivity contribution in [2.75, 3.05) is 5.32 Å². The predicted molar refractivity (Wildman–Crippen MR) is 95.5 cm³/mol. The summed E-state index contributed by atoms with van der Waals surface area (Å²) in [6.45, 7) is 4.23. The largest absolute Gasteiger partial charge is 0.348 e. The number of rotatable bonds is 6. The van der Waals surface area contributed by atoms with Crippen LogP contribution in [0.2, 0.25) is 0 Å². The highest BCUT2D eigenvalue weighted by molar-refractivity contribution is 5.98. The number of nitrogens with one attached hydrogen (secondary N) is 2. The minimum Gasteiger partial charge on any atom is -0.348 e. The number of carbonyl (C=O) groups is 2. The molecule has 2 amide bonds. The second-order valence-corrected chi connectivity index (χ2v) is 6.01. The molecule has 5 heteroatoms. The van der Waals surface area contributed by atoms with Crippen molar-refractivity contribution in [1.82, 2.24) is 5.32 Å². The van der Waals surface area contributed by atoms with Gasteiger partial charge in [-0.05, 0) is 29.7 Å². The summed E-state index contributed by atoms with van der Waals surface area (Å²) in [5.74, 6) is -0.405. The SMILES string of the molecule is CC(C)[C@H](N)C(=O)Nc1cccc(C(=O)NCc2ccccc2)c1. The fourth-order valence-corrected chi connectivity index (χ4v) is 2.15. The monoisotopic (exact) mass is 325 g/mol. The van der Waals surface area contributed by atoms with Gasteiger partial charge in [-0.25, -0.2) is 0 Å². The van der Waals surface area contributed by atoms with Crippen molar-refractivity contribution in [1.29, 1.82) is 0 Å². The van der Waals surface area contributed by atoms with Crippen molar-refractivity contribution < 1.29 is 9.59 Å². The summed E-state index contributed by atoms with van der Waals surface area (Å²) in [4.78, 5) is 24.3. The zero-order valence-corrected chi connectivity index (χ0v) is 14.0. The maximum atomic E-state index is 12.2. The molecule has 0 aliphatic carbocycles. The Bertz CT molecular complexity index is 699. The molecular formula is C19H23N3O2. The van der Waals surface area contributed by atoms with Gasteiger partial charge in [0.05, 0.1) is 6.04 Å². The van der Waals surface area contributed by atoms with Crippen LogP contribution in [0.15, 0.2) is 54.6 Å². The molecule has 4 N–H and O–H groups in total. The molecular weight excluding hydrogens is 302 g/mol. The summed E-state index contributed by atoms with van der Waals surface area (Å²) in [6, 6.07) is 15.9. The Morgan fingerprint density at radius 2 is 1.75 bits per heavy atom. The topological polar surface area (TPSA) is 84.2 Å². The molecule has 0 spiro atoms. The van der Waals surface area contributed by atoms with E-state index in [2.05, 4.69) is 10.6 Å². The second kappa shape index (κ2) is 8.26. The van der Waals surface area contributed by atoms with E-state index in [1.807, 2.05) is 44.2 Å². The fraction of sp³-hybridized carbons (Fsp3) is 0.263. The van der Waals surface area contributed by atoms with Crippen molar-refractivity contribution in [2.45, 2.75) is 26.4 Å². The second-order valence-electron chi connectivity index (χ2n) is 6.01. The van der Waals surface area contributed by atoms with Gasteiger partial charge in [0.1, 0.15) is 0 Å². The summed E-state index contributed by atoms with van der Waals surface area (Å²) < 4.78 is 0. The Balaban J connectivity index is 1.99. The van der Waals surface area contributed by atoms with Crippen LogP contribution in [0.4, 0.5) is 5.69 Å². The lowest BCUT2D eigenvalue weighted by atomic mass is 10.0. The Morgan fingerprint density at radius 3 is 2.42 bits per heavy atom. The molecule has 5 nitrogen and oxygen atoms in total. The van der Waals surface area contributed by atoms with E-state index in [0.717, 1.165) is 5.56 Å². The zero-order valence-electron chi connectivity index (χ0n) is 14.0. The third kappa shape index (κ3) is 4.93. The highest BCUT2D eigenvalue weighted by Gasteiger charge is 2.17. The summed E-state index contributed by atoms with van der Waals surface area (Å²) in [5.41, 5.74) is 7.90. The molecule has 126 valence electrons. The van der Waals surface area contributed by atoms with Gasteiger partial charge < -0.3 is 16.4 Å². The Morgan fingerprint density at radius 1 is 1.04 bits per heavy atom. The molecule has 0 heterocycles. The Hall–Kier alpha value is -2.66. The average Bonchev–Trinajstić information content (AvgIpc) is 2.60. The highest BCUT2D eigenvalue weighted by Crippen LogP contribution is 2.12. The molecule has 0 fully saturated rings. The van der Waals surface area contributed by atoms with E-state index in [4.69, 9.17) is 5.73 Å². The van der Waals surface area contributed by atoms with Gasteiger partial charge in [0.25, 0.3) is 5.91 Å². The standard InChI is InChI=1S/C19H23N3O2/c1-13(2)17(20)19(24)22-16-10-6-9-15(11-16)18(23)21-12-14-7-4-3-5-8-14/h3-11,13,17H,12,20H2,1-2H3,(H,21,23)(H,22,24)/t17-/m0/s1. The van der Waals surface area contributed by atoms with Gasteiger partial charge >= 0.3 is 0 Å². The van der Waals surface area contributed by atoms with Crippen LogP contribution in [0, 0.1) is 5.92 Å². The number of anilines is 1. The van der Waals surface area contributed by atoms with E-state index < -0.39 is 6.04 Å². The minimum atomic E-state index is -0.583. The smallest absolute Gasteiger partial charge is 0.251 e. The molecule has 0 aromatic heterocycles. The van der Waals surface area contributed by atoms with Gasteiger partial charge in [-0.1, -0.05) is 50.2 Å². The van der Waals surface area contributed by atoms with Gasteiger partial charge in [0, 0.05) is 17.8 Å². The van der Waals surface area contributed by atoms with Crippen LogP contribution in [-0.4, -0.2) is 17.9 Å². The molecule has 2 aromatic rings. The first-order valence-corrected chi connectivity index (χ1v) is 7.96. The molecule has 0 unspecified atom stereocenters. The van der Waals surface area contributed by atoms with Crippen LogP contribution in [0.3, 0.4) is 0 Å². The maximum Gasteiger partial charge on any atom is 0.251 e. The van der Waals surface area contributed by atoms with Gasteiger partial charge in [0.15, 0.2) is 0 Å². The summed E-state index contributed by atoms with van der Waals surface area (Å²) in [7, 11) is 0. The zero-order chi connectivity index (χ0) is 17.5. The molecule has 0 aliphatic heterocycles. The van der Waals surface area contributed by atoms with Crippen LogP contribution >= 0.6 is 0 Å². The highest BCUT2D eigenvalue weighted by atomic mass is 16.2. The number of nitrogens with two attached hydrogens (primary N) is 1. The van der Waals surface area contributed by atoms with Crippen molar-refractivity contribution in [3.05, 3.63) is 65.7 Å². The number of benzene rings is 2. The van der Waals surface area contributed by atoms with Gasteiger partial charge in [-0.3, -0.25) is 9.59 Å².